The molecule has 15 heavy (non-hydrogen) atoms. The van der Waals surface area contributed by atoms with E-state index in [1.807, 2.05) is 4.90 Å². The molecule has 1 aliphatic rings. The minimum Gasteiger partial charge on any atom is -0.384 e. The van der Waals surface area contributed by atoms with E-state index in [0.29, 0.717) is 11.6 Å². The Labute approximate surface area is 88.4 Å². The summed E-state index contributed by atoms with van der Waals surface area (Å²) in [5.74, 6) is 0.507. The van der Waals surface area contributed by atoms with Gasteiger partial charge in [0.15, 0.2) is 0 Å². The Morgan fingerprint density at radius 1 is 1.80 bits per heavy atom. The molecule has 1 aromatic heterocycles. The number of likely N-dealkylation sites (tertiary alicyclic amines) is 1. The standard InChI is InChI=1S/C10H15N3O2/c1-15-7-8-3-5-13(6-8)10(14)9-2-4-11-12-9/h2,4,8H,3,5-7H2,1H3,(H,11,12)/t8-/m0/s1. The van der Waals surface area contributed by atoms with Crippen molar-refractivity contribution in [2.45, 2.75) is 6.42 Å². The van der Waals surface area contributed by atoms with Gasteiger partial charge in [-0.3, -0.25) is 9.89 Å². The topological polar surface area (TPSA) is 58.2 Å². The highest BCUT2D eigenvalue weighted by Crippen LogP contribution is 2.17. The van der Waals surface area contributed by atoms with Crippen LogP contribution in [0.15, 0.2) is 12.3 Å². The molecule has 0 radical (unpaired) electrons. The predicted octanol–water partition coefficient (Wildman–Crippen LogP) is 0.518. The molecular weight excluding hydrogens is 194 g/mol. The highest BCUT2D eigenvalue weighted by molar-refractivity contribution is 5.92. The Kier molecular flexibility index (Phi) is 3.01. The van der Waals surface area contributed by atoms with Gasteiger partial charge in [-0.15, -0.1) is 0 Å². The first kappa shape index (κ1) is 10.2. The monoisotopic (exact) mass is 209 g/mol. The van der Waals surface area contributed by atoms with Gasteiger partial charge in [0.1, 0.15) is 5.69 Å². The lowest BCUT2D eigenvalue weighted by molar-refractivity contribution is 0.0769. The third-order valence-corrected chi connectivity index (χ3v) is 2.71. The van der Waals surface area contributed by atoms with E-state index in [9.17, 15) is 4.79 Å². The van der Waals surface area contributed by atoms with E-state index < -0.39 is 0 Å². The maximum absolute atomic E-state index is 11.9. The Morgan fingerprint density at radius 2 is 2.67 bits per heavy atom. The number of hydrogen-bond acceptors (Lipinski definition) is 3. The van der Waals surface area contributed by atoms with E-state index in [4.69, 9.17) is 4.74 Å². The second kappa shape index (κ2) is 4.44. The number of carbonyl (C=O) groups excluding carboxylic acids is 1. The smallest absolute Gasteiger partial charge is 0.271 e. The molecule has 2 rings (SSSR count). The van der Waals surface area contributed by atoms with Gasteiger partial charge in [0.25, 0.3) is 5.91 Å². The summed E-state index contributed by atoms with van der Waals surface area (Å²) in [7, 11) is 1.69. The first-order valence-corrected chi connectivity index (χ1v) is 5.09. The minimum absolute atomic E-state index is 0.0334. The second-order valence-electron chi connectivity index (χ2n) is 3.83. The number of rotatable bonds is 3. The van der Waals surface area contributed by atoms with Crippen molar-refractivity contribution in [3.8, 4) is 0 Å². The van der Waals surface area contributed by atoms with E-state index in [2.05, 4.69) is 10.2 Å². The summed E-state index contributed by atoms with van der Waals surface area (Å²) in [6.45, 7) is 2.32. The van der Waals surface area contributed by atoms with Gasteiger partial charge in [-0.2, -0.15) is 5.10 Å². The SMILES string of the molecule is COC[C@H]1CCN(C(=O)c2ccn[nH]2)C1. The van der Waals surface area contributed by atoms with Gasteiger partial charge in [0.05, 0.1) is 6.61 Å². The van der Waals surface area contributed by atoms with Gasteiger partial charge < -0.3 is 9.64 Å². The van der Waals surface area contributed by atoms with Crippen LogP contribution in [0, 0.1) is 5.92 Å². The average Bonchev–Trinajstić information content (AvgIpc) is 2.87. The van der Waals surface area contributed by atoms with Gasteiger partial charge in [-0.25, -0.2) is 0 Å². The van der Waals surface area contributed by atoms with Crippen molar-refractivity contribution in [2.75, 3.05) is 26.8 Å². The summed E-state index contributed by atoms with van der Waals surface area (Å²) in [4.78, 5) is 13.7. The first-order chi connectivity index (χ1) is 7.31. The Morgan fingerprint density at radius 3 is 3.33 bits per heavy atom. The summed E-state index contributed by atoms with van der Waals surface area (Å²) in [6, 6.07) is 1.70. The summed E-state index contributed by atoms with van der Waals surface area (Å²) in [5, 5.41) is 6.46. The molecule has 5 nitrogen and oxygen atoms in total. The molecule has 0 saturated carbocycles. The molecule has 1 aromatic rings. The molecule has 1 fully saturated rings. The van der Waals surface area contributed by atoms with Crippen molar-refractivity contribution in [3.63, 3.8) is 0 Å². The van der Waals surface area contributed by atoms with Gasteiger partial charge in [0.2, 0.25) is 0 Å². The lowest BCUT2D eigenvalue weighted by Crippen LogP contribution is -2.29. The van der Waals surface area contributed by atoms with Crippen LogP contribution in [0.1, 0.15) is 16.9 Å². The zero-order valence-corrected chi connectivity index (χ0v) is 8.77. The Bertz CT molecular complexity index is 323. The van der Waals surface area contributed by atoms with Crippen LogP contribution in [0.25, 0.3) is 0 Å². The van der Waals surface area contributed by atoms with E-state index in [1.165, 1.54) is 0 Å². The largest absolute Gasteiger partial charge is 0.384 e. The number of aromatic amines is 1. The minimum atomic E-state index is 0.0334. The van der Waals surface area contributed by atoms with Crippen LogP contribution in [0.5, 0.6) is 0 Å². The van der Waals surface area contributed by atoms with Crippen molar-refractivity contribution >= 4 is 5.91 Å². The third kappa shape index (κ3) is 2.18. The Hall–Kier alpha value is -1.36. The number of amides is 1. The molecule has 1 saturated heterocycles. The van der Waals surface area contributed by atoms with Gasteiger partial charge in [-0.1, -0.05) is 0 Å². The summed E-state index contributed by atoms with van der Waals surface area (Å²) in [5.41, 5.74) is 0.563. The molecule has 0 aliphatic carbocycles. The number of nitrogens with zero attached hydrogens (tertiary/aromatic N) is 2. The van der Waals surface area contributed by atoms with Crippen molar-refractivity contribution in [1.82, 2.24) is 15.1 Å². The maximum Gasteiger partial charge on any atom is 0.271 e. The van der Waals surface area contributed by atoms with Crippen LogP contribution in [0.4, 0.5) is 0 Å². The van der Waals surface area contributed by atoms with Gasteiger partial charge in [-0.05, 0) is 12.5 Å². The molecule has 82 valence electrons. The van der Waals surface area contributed by atoms with Crippen molar-refractivity contribution in [1.29, 1.82) is 0 Å². The zero-order chi connectivity index (χ0) is 10.7. The Balaban J connectivity index is 1.93. The average molecular weight is 209 g/mol. The molecular formula is C10H15N3O2. The second-order valence-corrected chi connectivity index (χ2v) is 3.83. The van der Waals surface area contributed by atoms with Crippen LogP contribution in [0.3, 0.4) is 0 Å². The molecule has 1 aliphatic heterocycles. The molecule has 1 amide bonds. The molecule has 0 spiro atoms. The lowest BCUT2D eigenvalue weighted by atomic mass is 10.1. The molecule has 2 heterocycles. The molecule has 0 bridgehead atoms. The number of ether oxygens (including phenoxy) is 1. The third-order valence-electron chi connectivity index (χ3n) is 2.71. The van der Waals surface area contributed by atoms with Crippen LogP contribution >= 0.6 is 0 Å². The van der Waals surface area contributed by atoms with E-state index in [1.54, 1.807) is 19.4 Å². The molecule has 0 aromatic carbocycles. The summed E-state index contributed by atoms with van der Waals surface area (Å²) >= 11 is 0. The van der Waals surface area contributed by atoms with Crippen LogP contribution in [-0.4, -0.2) is 47.8 Å². The molecule has 1 atom stereocenters. The van der Waals surface area contributed by atoms with Crippen LogP contribution in [0.2, 0.25) is 0 Å². The number of methoxy groups -OCH3 is 1. The van der Waals surface area contributed by atoms with Gasteiger partial charge >= 0.3 is 0 Å². The number of carbonyl (C=O) groups is 1. The van der Waals surface area contributed by atoms with E-state index in [0.717, 1.165) is 26.1 Å². The number of H-pyrrole nitrogens is 1. The number of hydrogen-bond donors (Lipinski definition) is 1. The predicted molar refractivity (Wildman–Crippen MR) is 54.5 cm³/mol. The fourth-order valence-electron chi connectivity index (χ4n) is 1.93. The fraction of sp³-hybridized carbons (Fsp3) is 0.600. The van der Waals surface area contributed by atoms with Crippen molar-refractivity contribution < 1.29 is 9.53 Å². The number of aromatic nitrogens is 2. The highest BCUT2D eigenvalue weighted by Gasteiger charge is 2.27. The summed E-state index contributed by atoms with van der Waals surface area (Å²) < 4.78 is 5.09. The first-order valence-electron chi connectivity index (χ1n) is 5.09. The van der Waals surface area contributed by atoms with E-state index >= 15 is 0 Å². The van der Waals surface area contributed by atoms with Crippen LogP contribution in [-0.2, 0) is 4.74 Å². The normalized spacial score (nSPS) is 20.9. The van der Waals surface area contributed by atoms with Crippen molar-refractivity contribution in [3.05, 3.63) is 18.0 Å². The van der Waals surface area contributed by atoms with Crippen molar-refractivity contribution in [2.24, 2.45) is 5.92 Å². The fourth-order valence-corrected chi connectivity index (χ4v) is 1.93. The maximum atomic E-state index is 11.9. The van der Waals surface area contributed by atoms with E-state index in [-0.39, 0.29) is 5.91 Å². The summed E-state index contributed by atoms with van der Waals surface area (Å²) in [6.07, 6.45) is 2.61. The zero-order valence-electron chi connectivity index (χ0n) is 8.77. The van der Waals surface area contributed by atoms with Gasteiger partial charge in [0, 0.05) is 32.3 Å². The lowest BCUT2D eigenvalue weighted by Gasteiger charge is -2.14. The number of nitrogens with one attached hydrogen (secondary N) is 1. The molecule has 1 N–H and O–H groups in total. The molecule has 0 unspecified atom stereocenters. The molecule has 5 heteroatoms. The highest BCUT2D eigenvalue weighted by atomic mass is 16.5. The van der Waals surface area contributed by atoms with Crippen LogP contribution < -0.4 is 0 Å². The quantitative estimate of drug-likeness (QED) is 0.789.